The zero-order chi connectivity index (χ0) is 24.6. The van der Waals surface area contributed by atoms with Crippen molar-refractivity contribution in [2.75, 3.05) is 39.5 Å². The molecular weight excluding hydrogens is 452 g/mol. The average molecular weight is 481 g/mol. The second-order valence-electron chi connectivity index (χ2n) is 9.40. The van der Waals surface area contributed by atoms with Gasteiger partial charge in [0.05, 0.1) is 37.8 Å². The standard InChI is InChI=1S/C26H28N2O7/c1-26(24(31)28-10-11-34-21(12-28)23(29)30)15-33-14-22(26)27-25(32)35-13-20-18-8-4-2-6-16(18)17-7-3-5-9-19(17)20/h2-9,20-22H,10-15H2,1H3,(H,27,32)(H,29,30). The molecule has 2 aliphatic heterocycles. The van der Waals surface area contributed by atoms with Crippen LogP contribution in [0, 0.1) is 5.41 Å². The molecule has 0 aromatic heterocycles. The number of carboxylic acid groups (broad SMARTS) is 1. The van der Waals surface area contributed by atoms with Crippen molar-refractivity contribution in [3.63, 3.8) is 0 Å². The van der Waals surface area contributed by atoms with E-state index in [0.29, 0.717) is 0 Å². The molecule has 2 heterocycles. The van der Waals surface area contributed by atoms with Gasteiger partial charge < -0.3 is 29.5 Å². The van der Waals surface area contributed by atoms with Crippen LogP contribution < -0.4 is 5.32 Å². The van der Waals surface area contributed by atoms with Crippen molar-refractivity contribution in [1.82, 2.24) is 10.2 Å². The minimum absolute atomic E-state index is 0.0403. The van der Waals surface area contributed by atoms with Gasteiger partial charge in [-0.05, 0) is 29.2 Å². The van der Waals surface area contributed by atoms with E-state index in [1.54, 1.807) is 6.92 Å². The van der Waals surface area contributed by atoms with E-state index >= 15 is 0 Å². The molecule has 1 aliphatic carbocycles. The number of nitrogens with one attached hydrogen (secondary N) is 1. The first kappa shape index (κ1) is 23.3. The first-order valence-corrected chi connectivity index (χ1v) is 11.7. The van der Waals surface area contributed by atoms with Crippen LogP contribution in [0.5, 0.6) is 0 Å². The van der Waals surface area contributed by atoms with E-state index in [0.717, 1.165) is 22.3 Å². The lowest BCUT2D eigenvalue weighted by molar-refractivity contribution is -0.162. The fraction of sp³-hybridized carbons (Fsp3) is 0.423. The third kappa shape index (κ3) is 4.26. The van der Waals surface area contributed by atoms with Crippen molar-refractivity contribution in [3.8, 4) is 11.1 Å². The molecule has 0 saturated carbocycles. The summed E-state index contributed by atoms with van der Waals surface area (Å²) in [6.07, 6.45) is -1.68. The highest BCUT2D eigenvalue weighted by atomic mass is 16.6. The first-order valence-electron chi connectivity index (χ1n) is 11.7. The molecule has 2 amide bonds. The Hall–Kier alpha value is -3.43. The Morgan fingerprint density at radius 3 is 2.43 bits per heavy atom. The molecule has 0 bridgehead atoms. The van der Waals surface area contributed by atoms with Gasteiger partial charge in [0.1, 0.15) is 6.61 Å². The monoisotopic (exact) mass is 480 g/mol. The first-order chi connectivity index (χ1) is 16.9. The van der Waals surface area contributed by atoms with Crippen LogP contribution >= 0.6 is 0 Å². The molecule has 9 nitrogen and oxygen atoms in total. The number of morpholine rings is 1. The van der Waals surface area contributed by atoms with Crippen molar-refractivity contribution in [2.45, 2.75) is 25.0 Å². The third-order valence-electron chi connectivity index (χ3n) is 7.21. The van der Waals surface area contributed by atoms with Gasteiger partial charge in [-0.3, -0.25) is 4.79 Å². The van der Waals surface area contributed by atoms with Crippen molar-refractivity contribution < 1.29 is 33.7 Å². The fourth-order valence-corrected chi connectivity index (χ4v) is 5.21. The van der Waals surface area contributed by atoms with Crippen molar-refractivity contribution in [1.29, 1.82) is 0 Å². The molecule has 9 heteroatoms. The number of hydrogen-bond acceptors (Lipinski definition) is 6. The van der Waals surface area contributed by atoms with E-state index in [9.17, 15) is 19.5 Å². The van der Waals surface area contributed by atoms with Gasteiger partial charge in [-0.2, -0.15) is 0 Å². The molecule has 2 aromatic carbocycles. The number of ether oxygens (including phenoxy) is 3. The Labute approximate surface area is 203 Å². The molecule has 2 fully saturated rings. The highest BCUT2D eigenvalue weighted by Crippen LogP contribution is 2.44. The lowest BCUT2D eigenvalue weighted by Gasteiger charge is -2.38. The summed E-state index contributed by atoms with van der Waals surface area (Å²) in [7, 11) is 0. The van der Waals surface area contributed by atoms with Crippen LogP contribution in [0.15, 0.2) is 48.5 Å². The molecule has 0 spiro atoms. The number of carbonyl (C=O) groups excluding carboxylic acids is 2. The molecule has 0 radical (unpaired) electrons. The van der Waals surface area contributed by atoms with Gasteiger partial charge in [-0.25, -0.2) is 9.59 Å². The van der Waals surface area contributed by atoms with Crippen LogP contribution in [0.4, 0.5) is 4.79 Å². The van der Waals surface area contributed by atoms with E-state index < -0.39 is 29.6 Å². The molecule has 5 rings (SSSR count). The second-order valence-corrected chi connectivity index (χ2v) is 9.40. The number of hydrogen-bond donors (Lipinski definition) is 2. The number of aliphatic carboxylic acids is 1. The number of carboxylic acids is 1. The molecule has 184 valence electrons. The topological polar surface area (TPSA) is 114 Å². The predicted molar refractivity (Wildman–Crippen MR) is 125 cm³/mol. The zero-order valence-corrected chi connectivity index (χ0v) is 19.4. The van der Waals surface area contributed by atoms with Gasteiger partial charge >= 0.3 is 12.1 Å². The maximum atomic E-state index is 13.3. The number of carbonyl (C=O) groups is 3. The van der Waals surface area contributed by atoms with Crippen molar-refractivity contribution in [2.24, 2.45) is 5.41 Å². The Balaban J connectivity index is 1.24. The Morgan fingerprint density at radius 1 is 1.11 bits per heavy atom. The van der Waals surface area contributed by atoms with Gasteiger partial charge in [-0.15, -0.1) is 0 Å². The number of benzene rings is 2. The summed E-state index contributed by atoms with van der Waals surface area (Å²) >= 11 is 0. The number of rotatable bonds is 5. The number of alkyl carbamates (subject to hydrolysis) is 1. The van der Waals surface area contributed by atoms with Gasteiger partial charge in [0, 0.05) is 12.5 Å². The zero-order valence-electron chi connectivity index (χ0n) is 19.4. The highest BCUT2D eigenvalue weighted by Gasteiger charge is 2.50. The van der Waals surface area contributed by atoms with Crippen LogP contribution in [-0.2, 0) is 23.8 Å². The maximum Gasteiger partial charge on any atom is 0.407 e. The van der Waals surface area contributed by atoms with Gasteiger partial charge in [-0.1, -0.05) is 48.5 Å². The summed E-state index contributed by atoms with van der Waals surface area (Å²) < 4.78 is 16.4. The van der Waals surface area contributed by atoms with E-state index in [4.69, 9.17) is 14.2 Å². The summed E-state index contributed by atoms with van der Waals surface area (Å²) in [6, 6.07) is 15.6. The van der Waals surface area contributed by atoms with E-state index in [1.165, 1.54) is 4.90 Å². The molecule has 3 atom stereocenters. The maximum absolute atomic E-state index is 13.3. The van der Waals surface area contributed by atoms with E-state index in [2.05, 4.69) is 29.6 Å². The lowest BCUT2D eigenvalue weighted by Crippen LogP contribution is -2.58. The van der Waals surface area contributed by atoms with Crippen LogP contribution in [0.1, 0.15) is 24.0 Å². The van der Waals surface area contributed by atoms with E-state index in [-0.39, 0.29) is 51.3 Å². The fourth-order valence-electron chi connectivity index (χ4n) is 5.21. The molecule has 2 aromatic rings. The Morgan fingerprint density at radius 2 is 1.77 bits per heavy atom. The van der Waals surface area contributed by atoms with Crippen molar-refractivity contribution in [3.05, 3.63) is 59.7 Å². The SMILES string of the molecule is CC1(C(=O)N2CCOC(C(=O)O)C2)COCC1NC(=O)OCC1c2ccccc2-c2ccccc21. The summed E-state index contributed by atoms with van der Waals surface area (Å²) in [4.78, 5) is 38.9. The molecule has 2 N–H and O–H groups in total. The van der Waals surface area contributed by atoms with E-state index in [1.807, 2.05) is 24.3 Å². The molecule has 3 unspecified atom stereocenters. The summed E-state index contributed by atoms with van der Waals surface area (Å²) in [5.41, 5.74) is 3.48. The van der Waals surface area contributed by atoms with Crippen LogP contribution in [0.25, 0.3) is 11.1 Å². The molecular formula is C26H28N2O7. The normalized spacial score (nSPS) is 25.6. The molecule has 35 heavy (non-hydrogen) atoms. The summed E-state index contributed by atoms with van der Waals surface area (Å²) in [5, 5.41) is 12.1. The summed E-state index contributed by atoms with van der Waals surface area (Å²) in [6.45, 7) is 2.57. The molecule has 2 saturated heterocycles. The predicted octanol–water partition coefficient (Wildman–Crippen LogP) is 2.24. The number of amides is 2. The quantitative estimate of drug-likeness (QED) is 0.675. The Kier molecular flexibility index (Phi) is 6.21. The van der Waals surface area contributed by atoms with Crippen molar-refractivity contribution >= 4 is 18.0 Å². The largest absolute Gasteiger partial charge is 0.479 e. The lowest BCUT2D eigenvalue weighted by atomic mass is 9.83. The van der Waals surface area contributed by atoms with Crippen LogP contribution in [0.3, 0.4) is 0 Å². The minimum atomic E-state index is -1.11. The third-order valence-corrected chi connectivity index (χ3v) is 7.21. The van der Waals surface area contributed by atoms with Gasteiger partial charge in [0.15, 0.2) is 6.10 Å². The van der Waals surface area contributed by atoms with Gasteiger partial charge in [0.25, 0.3) is 0 Å². The summed E-state index contributed by atoms with van der Waals surface area (Å²) in [5.74, 6) is -1.44. The van der Waals surface area contributed by atoms with Gasteiger partial charge in [0.2, 0.25) is 5.91 Å². The smallest absolute Gasteiger partial charge is 0.407 e. The van der Waals surface area contributed by atoms with Crippen LogP contribution in [-0.4, -0.2) is 79.6 Å². The Bertz CT molecular complexity index is 1110. The molecule has 3 aliphatic rings. The number of fused-ring (bicyclic) bond motifs is 3. The second kappa shape index (κ2) is 9.31. The van der Waals surface area contributed by atoms with Crippen LogP contribution in [0.2, 0.25) is 0 Å². The highest BCUT2D eigenvalue weighted by molar-refractivity contribution is 5.86. The number of nitrogens with zero attached hydrogens (tertiary/aromatic N) is 1. The minimum Gasteiger partial charge on any atom is -0.479 e. The average Bonchev–Trinajstić information content (AvgIpc) is 3.40.